The van der Waals surface area contributed by atoms with E-state index in [-0.39, 0.29) is 5.41 Å². The zero-order valence-corrected chi connectivity index (χ0v) is 12.2. The maximum atomic E-state index is 6.07. The first-order valence-electron chi connectivity index (χ1n) is 7.44. The number of nitrogens with one attached hydrogen (secondary N) is 1. The number of aromatic nitrogens is 1. The van der Waals surface area contributed by atoms with Gasteiger partial charge in [0.15, 0.2) is 11.1 Å². The molecule has 4 heteroatoms. The number of oxazole rings is 1. The van der Waals surface area contributed by atoms with E-state index in [4.69, 9.17) is 14.1 Å². The fraction of sp³-hybridized carbons (Fsp3) is 0.562. The Morgan fingerprint density at radius 1 is 1.45 bits per heavy atom. The van der Waals surface area contributed by atoms with Gasteiger partial charge in [0.05, 0.1) is 12.5 Å². The summed E-state index contributed by atoms with van der Waals surface area (Å²) < 4.78 is 11.5. The van der Waals surface area contributed by atoms with Crippen molar-refractivity contribution in [2.45, 2.75) is 38.0 Å². The van der Waals surface area contributed by atoms with E-state index in [2.05, 4.69) is 12.2 Å². The predicted octanol–water partition coefficient (Wildman–Crippen LogP) is 3.26. The molecule has 0 bridgehead atoms. The van der Waals surface area contributed by atoms with E-state index in [0.29, 0.717) is 0 Å². The molecule has 1 atom stereocenters. The van der Waals surface area contributed by atoms with Crippen LogP contribution in [0.3, 0.4) is 0 Å². The summed E-state index contributed by atoms with van der Waals surface area (Å²) in [5.41, 5.74) is 1.70. The monoisotopic (exact) mass is 274 g/mol. The third kappa shape index (κ3) is 2.18. The topological polar surface area (TPSA) is 47.3 Å². The van der Waals surface area contributed by atoms with Crippen LogP contribution in [0, 0.1) is 0 Å². The second-order valence-corrected chi connectivity index (χ2v) is 5.64. The number of hydrogen-bond acceptors (Lipinski definition) is 4. The van der Waals surface area contributed by atoms with Crippen LogP contribution in [0.1, 0.15) is 38.5 Å². The second kappa shape index (κ2) is 5.44. The highest BCUT2D eigenvalue weighted by Crippen LogP contribution is 2.38. The Kier molecular flexibility index (Phi) is 3.66. The van der Waals surface area contributed by atoms with Crippen LogP contribution >= 0.6 is 0 Å². The molecule has 0 radical (unpaired) electrons. The van der Waals surface area contributed by atoms with Crippen molar-refractivity contribution in [1.82, 2.24) is 10.3 Å². The maximum absolute atomic E-state index is 6.07. The Labute approximate surface area is 119 Å². The minimum Gasteiger partial charge on any atom is -0.494 e. The number of ether oxygens (including phenoxy) is 1. The van der Waals surface area contributed by atoms with Crippen molar-refractivity contribution < 1.29 is 9.15 Å². The molecular formula is C16H22N2O2. The molecule has 1 saturated heterocycles. The average Bonchev–Trinajstić information content (AvgIpc) is 2.93. The quantitative estimate of drug-likeness (QED) is 0.929. The summed E-state index contributed by atoms with van der Waals surface area (Å²) >= 11 is 0. The molecule has 0 aliphatic carbocycles. The van der Waals surface area contributed by atoms with Gasteiger partial charge >= 0.3 is 0 Å². The van der Waals surface area contributed by atoms with E-state index in [9.17, 15) is 0 Å². The largest absolute Gasteiger partial charge is 0.494 e. The Bertz CT molecular complexity index is 580. The minimum absolute atomic E-state index is 0.0387. The first-order valence-corrected chi connectivity index (χ1v) is 7.44. The van der Waals surface area contributed by atoms with Crippen molar-refractivity contribution in [2.75, 3.05) is 20.2 Å². The standard InChI is InChI=1S/C16H22N2O2/c1-3-8-16(9-5-10-17-11-16)15-18-14-12(19-2)6-4-7-13(14)20-15/h4,6-7,17H,3,5,8-11H2,1-2H3. The van der Waals surface area contributed by atoms with Crippen LogP contribution in [0.5, 0.6) is 5.75 Å². The van der Waals surface area contributed by atoms with E-state index in [0.717, 1.165) is 55.1 Å². The molecule has 1 aliphatic heterocycles. The number of hydrogen-bond donors (Lipinski definition) is 1. The van der Waals surface area contributed by atoms with E-state index < -0.39 is 0 Å². The molecule has 20 heavy (non-hydrogen) atoms. The molecule has 0 saturated carbocycles. The molecule has 2 aromatic rings. The Morgan fingerprint density at radius 2 is 2.35 bits per heavy atom. The van der Waals surface area contributed by atoms with Gasteiger partial charge in [-0.25, -0.2) is 4.98 Å². The molecule has 3 rings (SSSR count). The van der Waals surface area contributed by atoms with Crippen molar-refractivity contribution in [3.63, 3.8) is 0 Å². The summed E-state index contributed by atoms with van der Waals surface area (Å²) in [6, 6.07) is 5.84. The highest BCUT2D eigenvalue weighted by Gasteiger charge is 2.38. The van der Waals surface area contributed by atoms with E-state index >= 15 is 0 Å². The molecular weight excluding hydrogens is 252 g/mol. The lowest BCUT2D eigenvalue weighted by Gasteiger charge is -2.34. The summed E-state index contributed by atoms with van der Waals surface area (Å²) in [6.45, 7) is 4.27. The Hall–Kier alpha value is -1.55. The van der Waals surface area contributed by atoms with E-state index in [1.54, 1.807) is 7.11 Å². The molecule has 1 aromatic heterocycles. The summed E-state index contributed by atoms with van der Waals surface area (Å²) in [4.78, 5) is 4.77. The van der Waals surface area contributed by atoms with Crippen molar-refractivity contribution in [2.24, 2.45) is 0 Å². The van der Waals surface area contributed by atoms with Gasteiger partial charge in [-0.15, -0.1) is 0 Å². The van der Waals surface area contributed by atoms with Gasteiger partial charge in [0.2, 0.25) is 5.89 Å². The van der Waals surface area contributed by atoms with Crippen LogP contribution in [-0.4, -0.2) is 25.2 Å². The lowest BCUT2D eigenvalue weighted by Crippen LogP contribution is -2.43. The summed E-state index contributed by atoms with van der Waals surface area (Å²) in [7, 11) is 1.67. The van der Waals surface area contributed by atoms with Gasteiger partial charge in [0.1, 0.15) is 5.75 Å². The fourth-order valence-electron chi connectivity index (χ4n) is 3.26. The Morgan fingerprint density at radius 3 is 3.05 bits per heavy atom. The third-order valence-electron chi connectivity index (χ3n) is 4.26. The highest BCUT2D eigenvalue weighted by atomic mass is 16.5. The van der Waals surface area contributed by atoms with Gasteiger partial charge in [-0.3, -0.25) is 0 Å². The number of para-hydroxylation sites is 1. The zero-order valence-electron chi connectivity index (χ0n) is 12.2. The van der Waals surface area contributed by atoms with Crippen LogP contribution in [-0.2, 0) is 5.41 Å². The second-order valence-electron chi connectivity index (χ2n) is 5.64. The van der Waals surface area contributed by atoms with Crippen LogP contribution in [0.2, 0.25) is 0 Å². The highest BCUT2D eigenvalue weighted by molar-refractivity contribution is 5.79. The summed E-state index contributed by atoms with van der Waals surface area (Å²) in [5.74, 6) is 1.65. The molecule has 1 aliphatic rings. The number of fused-ring (bicyclic) bond motifs is 1. The number of nitrogens with zero attached hydrogens (tertiary/aromatic N) is 1. The van der Waals surface area contributed by atoms with Gasteiger partial charge in [0, 0.05) is 6.54 Å². The van der Waals surface area contributed by atoms with Crippen LogP contribution in [0.15, 0.2) is 22.6 Å². The smallest absolute Gasteiger partial charge is 0.203 e. The minimum atomic E-state index is 0.0387. The average molecular weight is 274 g/mol. The van der Waals surface area contributed by atoms with Crippen LogP contribution < -0.4 is 10.1 Å². The van der Waals surface area contributed by atoms with Crippen LogP contribution in [0.25, 0.3) is 11.1 Å². The number of piperidine rings is 1. The molecule has 1 unspecified atom stereocenters. The van der Waals surface area contributed by atoms with E-state index in [1.165, 1.54) is 6.42 Å². The predicted molar refractivity (Wildman–Crippen MR) is 79.3 cm³/mol. The first kappa shape index (κ1) is 13.4. The number of methoxy groups -OCH3 is 1. The molecule has 0 amide bonds. The Balaban J connectivity index is 2.07. The van der Waals surface area contributed by atoms with Crippen LogP contribution in [0.4, 0.5) is 0 Å². The van der Waals surface area contributed by atoms with Crippen molar-refractivity contribution >= 4 is 11.1 Å². The lowest BCUT2D eigenvalue weighted by atomic mass is 9.77. The molecule has 1 fully saturated rings. The normalized spacial score (nSPS) is 23.1. The van der Waals surface area contributed by atoms with Gasteiger partial charge in [-0.1, -0.05) is 19.4 Å². The molecule has 1 aromatic carbocycles. The van der Waals surface area contributed by atoms with Crippen molar-refractivity contribution in [3.8, 4) is 5.75 Å². The van der Waals surface area contributed by atoms with Gasteiger partial charge in [0.25, 0.3) is 0 Å². The number of rotatable bonds is 4. The summed E-state index contributed by atoms with van der Waals surface area (Å²) in [5, 5.41) is 3.50. The first-order chi connectivity index (χ1) is 9.79. The molecule has 0 spiro atoms. The van der Waals surface area contributed by atoms with E-state index in [1.807, 2.05) is 18.2 Å². The SMILES string of the molecule is CCCC1(c2nc3c(OC)cccc3o2)CCCNC1. The van der Waals surface area contributed by atoms with Gasteiger partial charge in [-0.05, 0) is 37.9 Å². The third-order valence-corrected chi connectivity index (χ3v) is 4.26. The van der Waals surface area contributed by atoms with Gasteiger partial charge < -0.3 is 14.5 Å². The van der Waals surface area contributed by atoms with Crippen molar-refractivity contribution in [3.05, 3.63) is 24.1 Å². The van der Waals surface area contributed by atoms with Crippen molar-refractivity contribution in [1.29, 1.82) is 0 Å². The molecule has 108 valence electrons. The zero-order chi connectivity index (χ0) is 14.0. The fourth-order valence-corrected chi connectivity index (χ4v) is 3.26. The maximum Gasteiger partial charge on any atom is 0.203 e. The number of benzene rings is 1. The molecule has 2 heterocycles. The summed E-state index contributed by atoms with van der Waals surface area (Å²) in [6.07, 6.45) is 4.56. The van der Waals surface area contributed by atoms with Gasteiger partial charge in [-0.2, -0.15) is 0 Å². The lowest BCUT2D eigenvalue weighted by molar-refractivity contribution is 0.239. The molecule has 4 nitrogen and oxygen atoms in total. The molecule has 1 N–H and O–H groups in total.